The van der Waals surface area contributed by atoms with E-state index in [1.165, 1.54) is 23.6 Å². The lowest BCUT2D eigenvalue weighted by Crippen LogP contribution is -2.60. The number of ether oxygens (including phenoxy) is 1. The van der Waals surface area contributed by atoms with Crippen LogP contribution in [0.1, 0.15) is 27.2 Å². The Bertz CT molecular complexity index is 1120. The molecule has 0 saturated heterocycles. The molecule has 2 aromatic rings. The maximum atomic E-state index is 13.3. The summed E-state index contributed by atoms with van der Waals surface area (Å²) in [5.41, 5.74) is 0.580. The van der Waals surface area contributed by atoms with Crippen molar-refractivity contribution in [2.45, 2.75) is 49.0 Å². The van der Waals surface area contributed by atoms with Crippen LogP contribution in [0.2, 0.25) is 0 Å². The number of anilines is 3. The van der Waals surface area contributed by atoms with Crippen LogP contribution in [-0.2, 0) is 23.9 Å². The third-order valence-corrected chi connectivity index (χ3v) is 6.72. The summed E-state index contributed by atoms with van der Waals surface area (Å²) in [6.07, 6.45) is -1.31. The lowest BCUT2D eigenvalue weighted by atomic mass is 9.95. The summed E-state index contributed by atoms with van der Waals surface area (Å²) in [7, 11) is 0. The van der Waals surface area contributed by atoms with Crippen LogP contribution in [0.5, 0.6) is 0 Å². The number of esters is 1. The molecule has 2 aromatic carbocycles. The van der Waals surface area contributed by atoms with Crippen molar-refractivity contribution >= 4 is 52.5 Å². The average Bonchev–Trinajstić information content (AvgIpc) is 2.74. The van der Waals surface area contributed by atoms with Gasteiger partial charge < -0.3 is 15.4 Å². The molecule has 8 nitrogen and oxygen atoms in total. The van der Waals surface area contributed by atoms with Gasteiger partial charge in [0.25, 0.3) is 5.91 Å². The van der Waals surface area contributed by atoms with E-state index in [4.69, 9.17) is 4.74 Å². The number of fused-ring (bicyclic) bond motifs is 2. The molecule has 0 saturated carbocycles. The van der Waals surface area contributed by atoms with Crippen LogP contribution in [0.3, 0.4) is 0 Å². The van der Waals surface area contributed by atoms with Gasteiger partial charge in [0, 0.05) is 4.90 Å². The summed E-state index contributed by atoms with van der Waals surface area (Å²) >= 11 is 1.29. The number of benzene rings is 2. The van der Waals surface area contributed by atoms with Gasteiger partial charge in [0.15, 0.2) is 6.10 Å². The molecular formula is C23H23N3O5S. The fourth-order valence-corrected chi connectivity index (χ4v) is 4.80. The van der Waals surface area contributed by atoms with Crippen molar-refractivity contribution in [1.29, 1.82) is 0 Å². The zero-order chi connectivity index (χ0) is 23.0. The second-order valence-electron chi connectivity index (χ2n) is 8.13. The zero-order valence-corrected chi connectivity index (χ0v) is 18.7. The SMILES string of the molecule is C[C@@H](OC(=O)C[C@H]1Sc2ccccc2NC1=O)C(=O)N1c2ccccc2NC(=O)C1(C)C. The van der Waals surface area contributed by atoms with Gasteiger partial charge in [-0.3, -0.25) is 24.1 Å². The van der Waals surface area contributed by atoms with Gasteiger partial charge in [-0.1, -0.05) is 24.3 Å². The number of hydrogen-bond acceptors (Lipinski definition) is 6. The molecule has 0 bridgehead atoms. The highest BCUT2D eigenvalue weighted by Crippen LogP contribution is 2.38. The molecule has 9 heteroatoms. The molecule has 0 aromatic heterocycles. The van der Waals surface area contributed by atoms with Gasteiger partial charge >= 0.3 is 5.97 Å². The summed E-state index contributed by atoms with van der Waals surface area (Å²) in [5.74, 6) is -1.80. The maximum absolute atomic E-state index is 13.3. The molecule has 0 unspecified atom stereocenters. The number of hydrogen-bond donors (Lipinski definition) is 2. The number of amides is 3. The van der Waals surface area contributed by atoms with Crippen LogP contribution in [0.15, 0.2) is 53.4 Å². The number of carbonyl (C=O) groups excluding carboxylic acids is 4. The molecule has 0 spiro atoms. The molecule has 2 heterocycles. The Kier molecular flexibility index (Phi) is 5.68. The van der Waals surface area contributed by atoms with E-state index in [9.17, 15) is 19.2 Å². The van der Waals surface area contributed by atoms with E-state index in [-0.39, 0.29) is 18.2 Å². The largest absolute Gasteiger partial charge is 0.452 e. The van der Waals surface area contributed by atoms with E-state index in [1.807, 2.05) is 18.2 Å². The molecule has 2 N–H and O–H groups in total. The first-order valence-electron chi connectivity index (χ1n) is 10.2. The topological polar surface area (TPSA) is 105 Å². The molecule has 3 amide bonds. The van der Waals surface area contributed by atoms with Gasteiger partial charge in [0.2, 0.25) is 11.8 Å². The van der Waals surface area contributed by atoms with Crippen molar-refractivity contribution in [2.75, 3.05) is 15.5 Å². The van der Waals surface area contributed by atoms with E-state index in [0.717, 1.165) is 4.90 Å². The van der Waals surface area contributed by atoms with E-state index in [2.05, 4.69) is 10.6 Å². The van der Waals surface area contributed by atoms with Gasteiger partial charge in [-0.25, -0.2) is 0 Å². The van der Waals surface area contributed by atoms with Crippen molar-refractivity contribution in [3.8, 4) is 0 Å². The van der Waals surface area contributed by atoms with E-state index >= 15 is 0 Å². The van der Waals surface area contributed by atoms with Gasteiger partial charge in [-0.05, 0) is 45.0 Å². The second kappa shape index (κ2) is 8.31. The Hall–Kier alpha value is -3.33. The molecule has 4 rings (SSSR count). The summed E-state index contributed by atoms with van der Waals surface area (Å²) in [5, 5.41) is 4.92. The van der Waals surface area contributed by atoms with Crippen molar-refractivity contribution in [3.63, 3.8) is 0 Å². The Morgan fingerprint density at radius 1 is 1.06 bits per heavy atom. The highest BCUT2D eigenvalue weighted by Gasteiger charge is 2.45. The number of nitrogens with one attached hydrogen (secondary N) is 2. The van der Waals surface area contributed by atoms with E-state index in [1.54, 1.807) is 44.2 Å². The Morgan fingerprint density at radius 3 is 2.47 bits per heavy atom. The van der Waals surface area contributed by atoms with Crippen LogP contribution in [0, 0.1) is 0 Å². The van der Waals surface area contributed by atoms with Gasteiger partial charge in [-0.15, -0.1) is 11.8 Å². The first-order chi connectivity index (χ1) is 15.2. The molecule has 0 fully saturated rings. The van der Waals surface area contributed by atoms with Crippen LogP contribution in [0.25, 0.3) is 0 Å². The molecule has 166 valence electrons. The van der Waals surface area contributed by atoms with Gasteiger partial charge in [-0.2, -0.15) is 0 Å². The minimum absolute atomic E-state index is 0.178. The first-order valence-corrected chi connectivity index (χ1v) is 11.1. The fraction of sp³-hybridized carbons (Fsp3) is 0.304. The quantitative estimate of drug-likeness (QED) is 0.689. The monoisotopic (exact) mass is 453 g/mol. The Morgan fingerprint density at radius 2 is 1.72 bits per heavy atom. The molecule has 2 atom stereocenters. The molecule has 32 heavy (non-hydrogen) atoms. The van der Waals surface area contributed by atoms with Gasteiger partial charge in [0.1, 0.15) is 5.54 Å². The van der Waals surface area contributed by atoms with Crippen molar-refractivity contribution in [3.05, 3.63) is 48.5 Å². The lowest BCUT2D eigenvalue weighted by molar-refractivity contribution is -0.154. The summed E-state index contributed by atoms with van der Waals surface area (Å²) in [6.45, 7) is 4.73. The van der Waals surface area contributed by atoms with Crippen molar-refractivity contribution in [2.24, 2.45) is 0 Å². The maximum Gasteiger partial charge on any atom is 0.308 e. The van der Waals surface area contributed by atoms with E-state index < -0.39 is 28.8 Å². The third kappa shape index (κ3) is 3.95. The number of para-hydroxylation sites is 3. The van der Waals surface area contributed by atoms with Crippen LogP contribution >= 0.6 is 11.8 Å². The molecule has 0 radical (unpaired) electrons. The van der Waals surface area contributed by atoms with Gasteiger partial charge in [0.05, 0.1) is 28.7 Å². The summed E-state index contributed by atoms with van der Waals surface area (Å²) in [6, 6.07) is 14.3. The number of carbonyl (C=O) groups is 4. The highest BCUT2D eigenvalue weighted by atomic mass is 32.2. The molecule has 2 aliphatic rings. The molecule has 0 aliphatic carbocycles. The lowest BCUT2D eigenvalue weighted by Gasteiger charge is -2.42. The normalized spacial score (nSPS) is 19.7. The number of rotatable bonds is 4. The molecule has 2 aliphatic heterocycles. The summed E-state index contributed by atoms with van der Waals surface area (Å²) < 4.78 is 5.39. The van der Waals surface area contributed by atoms with Crippen molar-refractivity contribution in [1.82, 2.24) is 0 Å². The van der Waals surface area contributed by atoms with Crippen LogP contribution in [0.4, 0.5) is 17.1 Å². The van der Waals surface area contributed by atoms with E-state index in [0.29, 0.717) is 17.1 Å². The summed E-state index contributed by atoms with van der Waals surface area (Å²) in [4.78, 5) is 53.0. The number of nitrogens with zero attached hydrogens (tertiary/aromatic N) is 1. The minimum atomic E-state index is -1.17. The average molecular weight is 454 g/mol. The standard InChI is InChI=1S/C23H23N3O5S/c1-13(21(29)26-16-10-6-4-8-14(16)25-22(30)23(26,2)3)31-19(27)12-18-20(28)24-15-9-5-7-11-17(15)32-18/h4-11,13,18H,12H2,1-3H3,(H,24,28)(H,25,30)/t13-,18-/m1/s1. The van der Waals surface area contributed by atoms with Crippen LogP contribution < -0.4 is 15.5 Å². The predicted molar refractivity (Wildman–Crippen MR) is 122 cm³/mol. The second-order valence-corrected chi connectivity index (χ2v) is 9.38. The first kappa shape index (κ1) is 21.9. The number of thioether (sulfide) groups is 1. The predicted octanol–water partition coefficient (Wildman–Crippen LogP) is 3.19. The highest BCUT2D eigenvalue weighted by molar-refractivity contribution is 8.01. The third-order valence-electron chi connectivity index (χ3n) is 5.44. The Balaban J connectivity index is 1.46. The smallest absolute Gasteiger partial charge is 0.308 e. The Labute approximate surface area is 189 Å². The zero-order valence-electron chi connectivity index (χ0n) is 17.9. The molecular weight excluding hydrogens is 430 g/mol. The minimum Gasteiger partial charge on any atom is -0.452 e. The van der Waals surface area contributed by atoms with Crippen LogP contribution in [-0.4, -0.2) is 40.6 Å². The van der Waals surface area contributed by atoms with Crippen molar-refractivity contribution < 1.29 is 23.9 Å². The fourth-order valence-electron chi connectivity index (χ4n) is 3.70.